The molecule has 9 heteroatoms. The van der Waals surface area contributed by atoms with E-state index in [0.717, 1.165) is 11.3 Å². The summed E-state index contributed by atoms with van der Waals surface area (Å²) in [5.74, 6) is -1.27. The molecule has 1 aliphatic heterocycles. The van der Waals surface area contributed by atoms with Crippen LogP contribution >= 0.6 is 11.3 Å². The Kier molecular flexibility index (Phi) is 5.25. The van der Waals surface area contributed by atoms with Gasteiger partial charge in [-0.05, 0) is 36.8 Å². The number of hydrogen-bond acceptors (Lipinski definition) is 8. The van der Waals surface area contributed by atoms with Gasteiger partial charge in [-0.25, -0.2) is 9.78 Å². The maximum Gasteiger partial charge on any atom is 0.350 e. The molecule has 1 atom stereocenters. The number of fused-ring (bicyclic) bond motifs is 2. The number of carbonyl (C=O) groups excluding carboxylic acids is 2. The molecule has 0 saturated carbocycles. The van der Waals surface area contributed by atoms with E-state index in [-0.39, 0.29) is 39.1 Å². The van der Waals surface area contributed by atoms with Crippen LogP contribution in [0.3, 0.4) is 0 Å². The SMILES string of the molecule is C=CCOC(=O)c1sc(N2C(=O)c3oc4ccccc4c(=O)c3[C@H]2c2cccc(O)c2)nc1C. The molecule has 1 N–H and O–H groups in total. The number of carbonyl (C=O) groups is 2. The van der Waals surface area contributed by atoms with Crippen molar-refractivity contribution in [1.82, 2.24) is 4.98 Å². The molecule has 8 nitrogen and oxygen atoms in total. The number of aryl methyl sites for hydroxylation is 1. The molecule has 5 rings (SSSR count). The molecule has 3 heterocycles. The van der Waals surface area contributed by atoms with Gasteiger partial charge in [0.1, 0.15) is 22.8 Å². The Hall–Kier alpha value is -4.24. The van der Waals surface area contributed by atoms with Crippen molar-refractivity contribution < 1.29 is 23.8 Å². The molecule has 0 aliphatic carbocycles. The molecule has 1 aliphatic rings. The molecule has 2 aromatic carbocycles. The van der Waals surface area contributed by atoms with E-state index in [1.165, 1.54) is 23.1 Å². The normalized spacial score (nSPS) is 14.9. The summed E-state index contributed by atoms with van der Waals surface area (Å²) in [4.78, 5) is 45.6. The Morgan fingerprint density at radius 1 is 1.26 bits per heavy atom. The van der Waals surface area contributed by atoms with Crippen LogP contribution in [-0.2, 0) is 4.74 Å². The van der Waals surface area contributed by atoms with Crippen molar-refractivity contribution in [2.75, 3.05) is 11.5 Å². The minimum absolute atomic E-state index is 0.0208. The highest BCUT2D eigenvalue weighted by Crippen LogP contribution is 2.43. The average molecular weight is 474 g/mol. The number of benzene rings is 2. The number of phenols is 1. The molecular formula is C25H18N2O6S. The van der Waals surface area contributed by atoms with Gasteiger partial charge in [-0.15, -0.1) is 0 Å². The predicted molar refractivity (Wildman–Crippen MR) is 127 cm³/mol. The maximum atomic E-state index is 13.6. The number of amides is 1. The number of aromatic hydroxyl groups is 1. The van der Waals surface area contributed by atoms with Gasteiger partial charge in [0, 0.05) is 0 Å². The molecule has 34 heavy (non-hydrogen) atoms. The first-order valence-corrected chi connectivity index (χ1v) is 11.2. The van der Waals surface area contributed by atoms with Crippen LogP contribution in [-0.4, -0.2) is 28.6 Å². The third-order valence-corrected chi connectivity index (χ3v) is 6.61. The smallest absolute Gasteiger partial charge is 0.350 e. The zero-order chi connectivity index (χ0) is 24.0. The number of hydrogen-bond donors (Lipinski definition) is 1. The van der Waals surface area contributed by atoms with E-state index < -0.39 is 17.9 Å². The third kappa shape index (κ3) is 3.37. The van der Waals surface area contributed by atoms with Crippen LogP contribution in [0.5, 0.6) is 5.75 Å². The summed E-state index contributed by atoms with van der Waals surface area (Å²) in [6.45, 7) is 5.21. The van der Waals surface area contributed by atoms with Crippen molar-refractivity contribution >= 4 is 39.3 Å². The minimum atomic E-state index is -0.905. The van der Waals surface area contributed by atoms with Crippen molar-refractivity contribution in [2.45, 2.75) is 13.0 Å². The summed E-state index contributed by atoms with van der Waals surface area (Å²) in [6, 6.07) is 12.1. The zero-order valence-electron chi connectivity index (χ0n) is 18.0. The van der Waals surface area contributed by atoms with E-state index in [1.54, 1.807) is 43.3 Å². The highest BCUT2D eigenvalue weighted by Gasteiger charge is 2.45. The molecule has 0 bridgehead atoms. The largest absolute Gasteiger partial charge is 0.508 e. The standard InChI is InChI=1S/C25H18N2O6S/c1-3-11-32-24(31)22-13(2)26-25(34-22)27-19(14-7-6-8-15(28)12-14)18-20(29)16-9-4-5-10-17(16)33-21(18)23(27)30/h3-10,12,19,28H,1,11H2,2H3/t19-/m1/s1. The van der Waals surface area contributed by atoms with Crippen molar-refractivity contribution in [3.63, 3.8) is 0 Å². The second kappa shape index (κ2) is 8.27. The lowest BCUT2D eigenvalue weighted by Gasteiger charge is -2.22. The molecular weight excluding hydrogens is 456 g/mol. The van der Waals surface area contributed by atoms with Crippen LogP contribution in [0.25, 0.3) is 11.0 Å². The number of anilines is 1. The molecule has 0 saturated heterocycles. The summed E-state index contributed by atoms with van der Waals surface area (Å²) in [5.41, 5.74) is 0.980. The molecule has 0 fully saturated rings. The van der Waals surface area contributed by atoms with E-state index in [1.807, 2.05) is 0 Å². The highest BCUT2D eigenvalue weighted by molar-refractivity contribution is 7.17. The van der Waals surface area contributed by atoms with Crippen LogP contribution in [0.4, 0.5) is 5.13 Å². The lowest BCUT2D eigenvalue weighted by molar-refractivity contribution is 0.0554. The number of phenolic OH excluding ortho intramolecular Hbond substituents is 1. The second-order valence-corrected chi connectivity index (χ2v) is 8.62. The van der Waals surface area contributed by atoms with Crippen LogP contribution in [0, 0.1) is 6.92 Å². The second-order valence-electron chi connectivity index (χ2n) is 7.64. The van der Waals surface area contributed by atoms with Gasteiger partial charge >= 0.3 is 5.97 Å². The average Bonchev–Trinajstić information content (AvgIpc) is 3.35. The van der Waals surface area contributed by atoms with Gasteiger partial charge in [0.2, 0.25) is 5.76 Å². The van der Waals surface area contributed by atoms with Crippen molar-refractivity contribution in [3.05, 3.63) is 98.9 Å². The fourth-order valence-electron chi connectivity index (χ4n) is 4.00. The zero-order valence-corrected chi connectivity index (χ0v) is 18.8. The predicted octanol–water partition coefficient (Wildman–Crippen LogP) is 4.36. The first kappa shape index (κ1) is 21.6. The Morgan fingerprint density at radius 2 is 2.06 bits per heavy atom. The van der Waals surface area contributed by atoms with Gasteiger partial charge in [0.05, 0.1) is 22.7 Å². The van der Waals surface area contributed by atoms with Crippen molar-refractivity contribution in [2.24, 2.45) is 0 Å². The van der Waals surface area contributed by atoms with Crippen molar-refractivity contribution in [1.29, 1.82) is 0 Å². The summed E-state index contributed by atoms with van der Waals surface area (Å²) >= 11 is 0.981. The number of rotatable bonds is 5. The van der Waals surface area contributed by atoms with E-state index in [9.17, 15) is 19.5 Å². The van der Waals surface area contributed by atoms with Gasteiger partial charge in [-0.1, -0.05) is 48.3 Å². The molecule has 0 radical (unpaired) electrons. The summed E-state index contributed by atoms with van der Waals surface area (Å²) in [5, 5.41) is 10.6. The van der Waals surface area contributed by atoms with Gasteiger partial charge in [0.15, 0.2) is 10.6 Å². The molecule has 2 aromatic heterocycles. The fourth-order valence-corrected chi connectivity index (χ4v) is 4.99. The van der Waals surface area contributed by atoms with Crippen LogP contribution in [0.2, 0.25) is 0 Å². The van der Waals surface area contributed by atoms with Crippen molar-refractivity contribution in [3.8, 4) is 5.75 Å². The van der Waals surface area contributed by atoms with Gasteiger partial charge in [0.25, 0.3) is 5.91 Å². The van der Waals surface area contributed by atoms with Gasteiger partial charge in [-0.2, -0.15) is 0 Å². The van der Waals surface area contributed by atoms with E-state index >= 15 is 0 Å². The first-order valence-electron chi connectivity index (χ1n) is 10.3. The number of nitrogens with zero attached hydrogens (tertiary/aromatic N) is 2. The molecule has 4 aromatic rings. The number of thiazole rings is 1. The van der Waals surface area contributed by atoms with E-state index in [2.05, 4.69) is 11.6 Å². The Balaban J connectivity index is 1.72. The highest BCUT2D eigenvalue weighted by atomic mass is 32.1. The van der Waals surface area contributed by atoms with Crippen LogP contribution < -0.4 is 10.3 Å². The third-order valence-electron chi connectivity index (χ3n) is 5.47. The number of para-hydroxylation sites is 1. The quantitative estimate of drug-likeness (QED) is 0.338. The first-order chi connectivity index (χ1) is 16.4. The fraction of sp³-hybridized carbons (Fsp3) is 0.120. The Labute approximate surface area is 197 Å². The molecule has 170 valence electrons. The van der Waals surface area contributed by atoms with E-state index in [4.69, 9.17) is 9.15 Å². The molecule has 1 amide bonds. The lowest BCUT2D eigenvalue weighted by atomic mass is 9.98. The van der Waals surface area contributed by atoms with Crippen LogP contribution in [0.1, 0.15) is 43.1 Å². The molecule has 0 spiro atoms. The number of aromatic nitrogens is 1. The van der Waals surface area contributed by atoms with Gasteiger partial charge in [-0.3, -0.25) is 14.5 Å². The summed E-state index contributed by atoms with van der Waals surface area (Å²) in [6.07, 6.45) is 1.45. The summed E-state index contributed by atoms with van der Waals surface area (Å²) in [7, 11) is 0. The lowest BCUT2D eigenvalue weighted by Crippen LogP contribution is -2.29. The number of ether oxygens (including phenoxy) is 1. The maximum absolute atomic E-state index is 13.6. The number of esters is 1. The topological polar surface area (TPSA) is 110 Å². The molecule has 0 unspecified atom stereocenters. The Morgan fingerprint density at radius 3 is 2.82 bits per heavy atom. The Bertz CT molecular complexity index is 1540. The monoisotopic (exact) mass is 474 g/mol. The minimum Gasteiger partial charge on any atom is -0.508 e. The summed E-state index contributed by atoms with van der Waals surface area (Å²) < 4.78 is 11.0. The van der Waals surface area contributed by atoms with E-state index in [0.29, 0.717) is 22.2 Å². The van der Waals surface area contributed by atoms with Gasteiger partial charge < -0.3 is 14.3 Å². The van der Waals surface area contributed by atoms with Crippen LogP contribution in [0.15, 0.2) is 70.4 Å².